The average molecular weight is 274 g/mol. The maximum absolute atomic E-state index is 13.5. The second-order valence-electron chi connectivity index (χ2n) is 4.09. The smallest absolute Gasteiger partial charge is 0.255 e. The van der Waals surface area contributed by atoms with Gasteiger partial charge < -0.3 is 10.4 Å². The number of benzene rings is 1. The van der Waals surface area contributed by atoms with E-state index in [0.717, 1.165) is 6.42 Å². The van der Waals surface area contributed by atoms with Gasteiger partial charge >= 0.3 is 0 Å². The summed E-state index contributed by atoms with van der Waals surface area (Å²) in [4.78, 5) is 11.8. The Morgan fingerprint density at radius 2 is 2.28 bits per heavy atom. The van der Waals surface area contributed by atoms with Gasteiger partial charge in [-0.3, -0.25) is 4.79 Å². The molecule has 0 fully saturated rings. The zero-order valence-corrected chi connectivity index (χ0v) is 11.0. The first-order valence-electron chi connectivity index (χ1n) is 5.93. The number of hydrogen-bond donors (Lipinski definition) is 2. The van der Waals surface area contributed by atoms with Gasteiger partial charge in [-0.15, -0.1) is 0 Å². The highest BCUT2D eigenvalue weighted by Crippen LogP contribution is 2.18. The number of carbonyl (C=O) groups is 1. The number of nitrogens with one attached hydrogen (secondary N) is 1. The Labute approximate surface area is 111 Å². The lowest BCUT2D eigenvalue weighted by Gasteiger charge is -2.14. The highest BCUT2D eigenvalue weighted by atomic mass is 35.5. The second kappa shape index (κ2) is 7.34. The molecular formula is C13H17ClFNO2. The topological polar surface area (TPSA) is 49.3 Å². The highest BCUT2D eigenvalue weighted by molar-refractivity contribution is 6.33. The summed E-state index contributed by atoms with van der Waals surface area (Å²) in [6.45, 7) is 2.46. The van der Waals surface area contributed by atoms with E-state index < -0.39 is 11.7 Å². The number of hydrogen-bond acceptors (Lipinski definition) is 2. The molecule has 1 amide bonds. The van der Waals surface area contributed by atoms with Gasteiger partial charge in [0.1, 0.15) is 5.82 Å². The molecular weight excluding hydrogens is 257 g/mol. The fraction of sp³-hybridized carbons (Fsp3) is 0.462. The molecule has 0 saturated carbocycles. The Balaban J connectivity index is 2.65. The van der Waals surface area contributed by atoms with E-state index >= 15 is 0 Å². The van der Waals surface area contributed by atoms with Crippen LogP contribution in [-0.2, 0) is 0 Å². The van der Waals surface area contributed by atoms with Crippen molar-refractivity contribution < 1.29 is 14.3 Å². The van der Waals surface area contributed by atoms with Crippen LogP contribution in [0.4, 0.5) is 4.39 Å². The van der Waals surface area contributed by atoms with Crippen LogP contribution in [0.1, 0.15) is 30.1 Å². The minimum atomic E-state index is -0.629. The largest absolute Gasteiger partial charge is 0.396 e. The van der Waals surface area contributed by atoms with Crippen LogP contribution in [0.2, 0.25) is 5.02 Å². The monoisotopic (exact) mass is 273 g/mol. The lowest BCUT2D eigenvalue weighted by Crippen LogP contribution is -2.30. The van der Waals surface area contributed by atoms with Crippen molar-refractivity contribution in [3.05, 3.63) is 34.6 Å². The molecule has 1 rings (SSSR count). The number of amides is 1. The van der Waals surface area contributed by atoms with Gasteiger partial charge in [0.2, 0.25) is 0 Å². The maximum Gasteiger partial charge on any atom is 0.255 e. The van der Waals surface area contributed by atoms with E-state index in [1.807, 2.05) is 6.92 Å². The molecule has 0 aliphatic heterocycles. The summed E-state index contributed by atoms with van der Waals surface area (Å²) in [6, 6.07) is 4.13. The summed E-state index contributed by atoms with van der Waals surface area (Å²) in [5, 5.41) is 11.6. The van der Waals surface area contributed by atoms with E-state index in [4.69, 9.17) is 16.7 Å². The molecule has 5 heteroatoms. The van der Waals surface area contributed by atoms with Crippen LogP contribution < -0.4 is 5.32 Å². The summed E-state index contributed by atoms with van der Waals surface area (Å²) in [6.07, 6.45) is 1.45. The molecule has 3 nitrogen and oxygen atoms in total. The van der Waals surface area contributed by atoms with Gasteiger partial charge in [0.25, 0.3) is 5.91 Å². The number of aliphatic hydroxyl groups excluding tert-OH is 1. The second-order valence-corrected chi connectivity index (χ2v) is 4.50. The van der Waals surface area contributed by atoms with Crippen LogP contribution in [0.25, 0.3) is 0 Å². The van der Waals surface area contributed by atoms with Crippen LogP contribution in [0, 0.1) is 11.7 Å². The predicted molar refractivity (Wildman–Crippen MR) is 69.2 cm³/mol. The maximum atomic E-state index is 13.5. The molecule has 0 spiro atoms. The Kier molecular flexibility index (Phi) is 6.09. The predicted octanol–water partition coefficient (Wildman–Crippen LogP) is 2.62. The van der Waals surface area contributed by atoms with Crippen molar-refractivity contribution in [3.8, 4) is 0 Å². The van der Waals surface area contributed by atoms with Crippen LogP contribution in [0.15, 0.2) is 18.2 Å². The van der Waals surface area contributed by atoms with E-state index in [2.05, 4.69) is 5.32 Å². The molecule has 18 heavy (non-hydrogen) atoms. The minimum absolute atomic E-state index is 0.0782. The fourth-order valence-electron chi connectivity index (χ4n) is 1.67. The summed E-state index contributed by atoms with van der Waals surface area (Å²) >= 11 is 5.79. The number of carbonyl (C=O) groups excluding carboxylic acids is 1. The lowest BCUT2D eigenvalue weighted by molar-refractivity contribution is 0.0939. The zero-order chi connectivity index (χ0) is 13.5. The average Bonchev–Trinajstić information content (AvgIpc) is 2.34. The third-order valence-corrected chi connectivity index (χ3v) is 3.17. The molecule has 0 radical (unpaired) electrons. The molecule has 0 saturated heterocycles. The van der Waals surface area contributed by atoms with E-state index in [0.29, 0.717) is 13.0 Å². The SMILES string of the molecule is CCC(CCO)CNC(=O)c1c(F)cccc1Cl. The van der Waals surface area contributed by atoms with Crippen molar-refractivity contribution in [2.75, 3.05) is 13.2 Å². The Morgan fingerprint density at radius 3 is 2.83 bits per heavy atom. The first kappa shape index (κ1) is 14.9. The number of rotatable bonds is 6. The summed E-state index contributed by atoms with van der Waals surface area (Å²) < 4.78 is 13.5. The van der Waals surface area contributed by atoms with Crippen molar-refractivity contribution >= 4 is 17.5 Å². The van der Waals surface area contributed by atoms with Crippen molar-refractivity contribution in [1.82, 2.24) is 5.32 Å². The van der Waals surface area contributed by atoms with Crippen molar-refractivity contribution in [2.24, 2.45) is 5.92 Å². The van der Waals surface area contributed by atoms with E-state index in [1.165, 1.54) is 18.2 Å². The van der Waals surface area contributed by atoms with Crippen LogP contribution in [0.5, 0.6) is 0 Å². The van der Waals surface area contributed by atoms with Gasteiger partial charge in [-0.05, 0) is 24.5 Å². The van der Waals surface area contributed by atoms with E-state index in [-0.39, 0.29) is 23.1 Å². The quantitative estimate of drug-likeness (QED) is 0.837. The first-order valence-corrected chi connectivity index (χ1v) is 6.31. The van der Waals surface area contributed by atoms with Crippen LogP contribution in [-0.4, -0.2) is 24.2 Å². The molecule has 0 bridgehead atoms. The molecule has 100 valence electrons. The summed E-state index contributed by atoms with van der Waals surface area (Å²) in [5.74, 6) is -0.964. The Bertz CT molecular complexity index is 392. The molecule has 1 unspecified atom stereocenters. The third-order valence-electron chi connectivity index (χ3n) is 2.86. The van der Waals surface area contributed by atoms with Crippen molar-refractivity contribution in [2.45, 2.75) is 19.8 Å². The van der Waals surface area contributed by atoms with Gasteiger partial charge in [0, 0.05) is 13.2 Å². The van der Waals surface area contributed by atoms with Crippen LogP contribution in [0.3, 0.4) is 0 Å². The molecule has 0 heterocycles. The summed E-state index contributed by atoms with van der Waals surface area (Å²) in [7, 11) is 0. The molecule has 1 atom stereocenters. The third kappa shape index (κ3) is 3.96. The molecule has 1 aromatic carbocycles. The fourth-order valence-corrected chi connectivity index (χ4v) is 1.92. The van der Waals surface area contributed by atoms with Crippen molar-refractivity contribution in [1.29, 1.82) is 0 Å². The Morgan fingerprint density at radius 1 is 1.56 bits per heavy atom. The van der Waals surface area contributed by atoms with Crippen LogP contribution >= 0.6 is 11.6 Å². The summed E-state index contributed by atoms with van der Waals surface area (Å²) in [5.41, 5.74) is -0.127. The normalized spacial score (nSPS) is 12.2. The first-order chi connectivity index (χ1) is 8.60. The minimum Gasteiger partial charge on any atom is -0.396 e. The van der Waals surface area contributed by atoms with Gasteiger partial charge in [-0.2, -0.15) is 0 Å². The van der Waals surface area contributed by atoms with Gasteiger partial charge in [-0.1, -0.05) is 31.0 Å². The van der Waals surface area contributed by atoms with E-state index in [9.17, 15) is 9.18 Å². The lowest BCUT2D eigenvalue weighted by atomic mass is 10.0. The highest BCUT2D eigenvalue weighted by Gasteiger charge is 2.16. The van der Waals surface area contributed by atoms with Gasteiger partial charge in [0.05, 0.1) is 10.6 Å². The Hall–Kier alpha value is -1.13. The molecule has 0 aliphatic carbocycles. The van der Waals surface area contributed by atoms with Gasteiger partial charge in [0.15, 0.2) is 0 Å². The molecule has 1 aromatic rings. The zero-order valence-electron chi connectivity index (χ0n) is 10.2. The molecule has 0 aliphatic rings. The standard InChI is InChI=1S/C13H17ClFNO2/c1-2-9(6-7-17)8-16-13(18)12-10(14)4-3-5-11(12)15/h3-5,9,17H,2,6-8H2,1H3,(H,16,18). The van der Waals surface area contributed by atoms with Crippen molar-refractivity contribution in [3.63, 3.8) is 0 Å². The number of halogens is 2. The van der Waals surface area contributed by atoms with E-state index in [1.54, 1.807) is 0 Å². The van der Waals surface area contributed by atoms with Gasteiger partial charge in [-0.25, -0.2) is 4.39 Å². The number of aliphatic hydroxyl groups is 1. The molecule has 0 aromatic heterocycles. The molecule has 2 N–H and O–H groups in total.